The summed E-state index contributed by atoms with van der Waals surface area (Å²) in [5, 5.41) is 14.7. The second kappa shape index (κ2) is 8.84. The number of likely N-dealkylation sites (N-methyl/N-ethyl adjacent to an activating group) is 1. The van der Waals surface area contributed by atoms with Gasteiger partial charge in [-0.05, 0) is 44.0 Å². The molecule has 7 heteroatoms. The number of amides is 2. The number of anilines is 1. The molecule has 0 atom stereocenters. The van der Waals surface area contributed by atoms with E-state index < -0.39 is 5.97 Å². The van der Waals surface area contributed by atoms with Gasteiger partial charge in [-0.2, -0.15) is 0 Å². The van der Waals surface area contributed by atoms with E-state index in [1.165, 1.54) is 0 Å². The van der Waals surface area contributed by atoms with Gasteiger partial charge in [-0.25, -0.2) is 9.78 Å². The highest BCUT2D eigenvalue weighted by atomic mass is 16.4. The van der Waals surface area contributed by atoms with Crippen molar-refractivity contribution in [3.8, 4) is 11.1 Å². The average Bonchev–Trinajstić information content (AvgIpc) is 2.63. The molecule has 0 bridgehead atoms. The number of benzene rings is 1. The first kappa shape index (κ1) is 19.8. The third kappa shape index (κ3) is 4.86. The molecule has 1 fully saturated rings. The summed E-state index contributed by atoms with van der Waals surface area (Å²) in [5.41, 5.74) is 2.97. The van der Waals surface area contributed by atoms with Gasteiger partial charge in [0.1, 0.15) is 5.82 Å². The van der Waals surface area contributed by atoms with Gasteiger partial charge in [0.05, 0.1) is 6.54 Å². The van der Waals surface area contributed by atoms with Crippen molar-refractivity contribution in [2.24, 2.45) is 0 Å². The summed E-state index contributed by atoms with van der Waals surface area (Å²) in [6.45, 7) is 4.59. The lowest BCUT2D eigenvalue weighted by molar-refractivity contribution is -0.139. The number of carbonyl (C=O) groups is 2. The lowest BCUT2D eigenvalue weighted by atomic mass is 9.85. The van der Waals surface area contributed by atoms with Gasteiger partial charge >= 0.3 is 12.0 Å². The predicted molar refractivity (Wildman–Crippen MR) is 108 cm³/mol. The predicted octanol–water partition coefficient (Wildman–Crippen LogP) is 3.12. The van der Waals surface area contributed by atoms with Crippen molar-refractivity contribution in [1.29, 1.82) is 0 Å². The molecule has 2 aromatic rings. The molecule has 1 aromatic heterocycles. The molecule has 0 radical (unpaired) electrons. The first-order chi connectivity index (χ1) is 13.5. The minimum atomic E-state index is -0.823. The maximum absolute atomic E-state index is 12.2. The Bertz CT molecular complexity index is 835. The van der Waals surface area contributed by atoms with Crippen LogP contribution in [0, 0.1) is 6.92 Å². The van der Waals surface area contributed by atoms with Gasteiger partial charge in [-0.3, -0.25) is 15.0 Å². The molecular weight excluding hydrogens is 356 g/mol. The van der Waals surface area contributed by atoms with Crippen LogP contribution in [0.15, 0.2) is 42.5 Å². The lowest BCUT2D eigenvalue weighted by Gasteiger charge is -2.42. The maximum atomic E-state index is 12.2. The van der Waals surface area contributed by atoms with E-state index in [0.717, 1.165) is 29.7 Å². The summed E-state index contributed by atoms with van der Waals surface area (Å²) in [7, 11) is 0. The van der Waals surface area contributed by atoms with E-state index in [2.05, 4.69) is 15.6 Å². The van der Waals surface area contributed by atoms with Crippen molar-refractivity contribution < 1.29 is 14.7 Å². The molecule has 0 unspecified atom stereocenters. The van der Waals surface area contributed by atoms with Crippen molar-refractivity contribution >= 4 is 17.8 Å². The van der Waals surface area contributed by atoms with Crippen molar-refractivity contribution in [3.05, 3.63) is 48.2 Å². The number of hydrogen-bond acceptors (Lipinski definition) is 4. The number of aromatic nitrogens is 1. The number of nitrogens with one attached hydrogen (secondary N) is 2. The Balaban J connectivity index is 1.51. The Morgan fingerprint density at radius 3 is 2.50 bits per heavy atom. The summed E-state index contributed by atoms with van der Waals surface area (Å²) in [6, 6.07) is 13.7. The van der Waals surface area contributed by atoms with Crippen molar-refractivity contribution in [2.45, 2.75) is 38.8 Å². The number of urea groups is 1. The molecule has 3 N–H and O–H groups in total. The molecule has 1 aliphatic carbocycles. The molecule has 0 aliphatic heterocycles. The van der Waals surface area contributed by atoms with E-state index in [0.29, 0.717) is 12.4 Å². The Labute approximate surface area is 164 Å². The highest BCUT2D eigenvalue weighted by Gasteiger charge is 2.34. The Hall–Kier alpha value is -2.93. The largest absolute Gasteiger partial charge is 0.480 e. The highest BCUT2D eigenvalue weighted by Crippen LogP contribution is 2.26. The molecule has 28 heavy (non-hydrogen) atoms. The van der Waals surface area contributed by atoms with Gasteiger partial charge in [0, 0.05) is 23.3 Å². The third-order valence-electron chi connectivity index (χ3n) is 5.12. The average molecular weight is 382 g/mol. The van der Waals surface area contributed by atoms with Crippen LogP contribution >= 0.6 is 0 Å². The number of nitrogens with zero attached hydrogens (tertiary/aromatic N) is 2. The van der Waals surface area contributed by atoms with Gasteiger partial charge in [-0.1, -0.05) is 37.3 Å². The van der Waals surface area contributed by atoms with Crippen molar-refractivity contribution in [1.82, 2.24) is 15.2 Å². The second-order valence-electron chi connectivity index (χ2n) is 7.07. The standard InChI is InChI=1S/C21H26N4O3/c1-3-25(13-20(26)27)17-11-16(12-17)23-21(28)24-19-10-9-18(14(2)22-19)15-7-5-4-6-8-15/h4-10,16-17H,3,11-13H2,1-2H3,(H,26,27)(H2,22,23,24,28). The van der Waals surface area contributed by atoms with Crippen LogP contribution in [0.4, 0.5) is 10.6 Å². The fourth-order valence-corrected chi connectivity index (χ4v) is 3.57. The number of carbonyl (C=O) groups excluding carboxylic acids is 1. The molecule has 1 saturated carbocycles. The number of carboxylic acid groups (broad SMARTS) is 1. The quantitative estimate of drug-likeness (QED) is 0.684. The number of carboxylic acids is 1. The maximum Gasteiger partial charge on any atom is 0.320 e. The minimum absolute atomic E-state index is 0.0387. The molecule has 0 saturated heterocycles. The molecule has 1 aliphatic rings. The first-order valence-electron chi connectivity index (χ1n) is 9.52. The first-order valence-corrected chi connectivity index (χ1v) is 9.52. The molecule has 2 amide bonds. The fourth-order valence-electron chi connectivity index (χ4n) is 3.57. The van der Waals surface area contributed by atoms with Gasteiger partial charge in [0.15, 0.2) is 0 Å². The zero-order valence-corrected chi connectivity index (χ0v) is 16.2. The summed E-state index contributed by atoms with van der Waals surface area (Å²) in [6.07, 6.45) is 1.52. The third-order valence-corrected chi connectivity index (χ3v) is 5.12. The van der Waals surface area contributed by atoms with Gasteiger partial charge in [0.2, 0.25) is 0 Å². The van der Waals surface area contributed by atoms with Crippen LogP contribution in [0.25, 0.3) is 11.1 Å². The van der Waals surface area contributed by atoms with E-state index in [1.807, 2.05) is 55.1 Å². The molecule has 148 valence electrons. The molecular formula is C21H26N4O3. The van der Waals surface area contributed by atoms with E-state index in [1.54, 1.807) is 6.07 Å². The zero-order chi connectivity index (χ0) is 20.1. The number of pyridine rings is 1. The summed E-state index contributed by atoms with van der Waals surface area (Å²) >= 11 is 0. The number of aryl methyl sites for hydroxylation is 1. The molecule has 1 heterocycles. The zero-order valence-electron chi connectivity index (χ0n) is 16.2. The second-order valence-corrected chi connectivity index (χ2v) is 7.07. The highest BCUT2D eigenvalue weighted by molar-refractivity contribution is 5.88. The SMILES string of the molecule is CCN(CC(=O)O)C1CC(NC(=O)Nc2ccc(-c3ccccc3)c(C)n2)C1. The molecule has 7 nitrogen and oxygen atoms in total. The molecule has 1 aromatic carbocycles. The van der Waals surface area contributed by atoms with Crippen LogP contribution in [0.5, 0.6) is 0 Å². The van der Waals surface area contributed by atoms with Gasteiger partial charge in [0.25, 0.3) is 0 Å². The van der Waals surface area contributed by atoms with E-state index in [-0.39, 0.29) is 24.7 Å². The van der Waals surface area contributed by atoms with Gasteiger partial charge in [-0.15, -0.1) is 0 Å². The fraction of sp³-hybridized carbons (Fsp3) is 0.381. The van der Waals surface area contributed by atoms with E-state index >= 15 is 0 Å². The Morgan fingerprint density at radius 2 is 1.89 bits per heavy atom. The Kier molecular flexibility index (Phi) is 6.26. The normalized spacial score (nSPS) is 18.4. The smallest absolute Gasteiger partial charge is 0.320 e. The van der Waals surface area contributed by atoms with Crippen LogP contribution in [0.3, 0.4) is 0 Å². The number of aliphatic carboxylic acids is 1. The Morgan fingerprint density at radius 1 is 1.18 bits per heavy atom. The summed E-state index contributed by atoms with van der Waals surface area (Å²) in [5.74, 6) is -0.317. The van der Waals surface area contributed by atoms with Crippen LogP contribution in [-0.4, -0.2) is 52.2 Å². The lowest BCUT2D eigenvalue weighted by Crippen LogP contribution is -2.55. The van der Waals surface area contributed by atoms with Crippen LogP contribution in [0.2, 0.25) is 0 Å². The van der Waals surface area contributed by atoms with E-state index in [4.69, 9.17) is 5.11 Å². The molecule has 0 spiro atoms. The van der Waals surface area contributed by atoms with Crippen LogP contribution in [-0.2, 0) is 4.79 Å². The minimum Gasteiger partial charge on any atom is -0.480 e. The summed E-state index contributed by atoms with van der Waals surface area (Å²) < 4.78 is 0. The number of rotatable bonds is 7. The van der Waals surface area contributed by atoms with E-state index in [9.17, 15) is 9.59 Å². The van der Waals surface area contributed by atoms with Crippen LogP contribution in [0.1, 0.15) is 25.5 Å². The topological polar surface area (TPSA) is 94.6 Å². The van der Waals surface area contributed by atoms with Crippen molar-refractivity contribution in [2.75, 3.05) is 18.4 Å². The van der Waals surface area contributed by atoms with Gasteiger partial charge < -0.3 is 10.4 Å². The number of hydrogen-bond donors (Lipinski definition) is 3. The van der Waals surface area contributed by atoms with Crippen molar-refractivity contribution in [3.63, 3.8) is 0 Å². The monoisotopic (exact) mass is 382 g/mol. The summed E-state index contributed by atoms with van der Waals surface area (Å²) in [4.78, 5) is 29.5. The molecule has 3 rings (SSSR count). The van der Waals surface area contributed by atoms with Crippen LogP contribution < -0.4 is 10.6 Å².